The molecule has 0 saturated heterocycles. The lowest BCUT2D eigenvalue weighted by Gasteiger charge is -2.04. The fraction of sp³-hybridized carbons (Fsp3) is 0.0769. The van der Waals surface area contributed by atoms with Crippen molar-refractivity contribution in [1.82, 2.24) is 9.61 Å². The Balaban J connectivity index is 2.58. The van der Waals surface area contributed by atoms with E-state index in [1.54, 1.807) is 16.8 Å². The van der Waals surface area contributed by atoms with Crippen molar-refractivity contribution in [2.45, 2.75) is 0 Å². The summed E-state index contributed by atoms with van der Waals surface area (Å²) >= 11 is 0. The predicted molar refractivity (Wildman–Crippen MR) is 66.4 cm³/mol. The molecule has 0 atom stereocenters. The van der Waals surface area contributed by atoms with Crippen molar-refractivity contribution in [3.8, 4) is 0 Å². The predicted octanol–water partition coefficient (Wildman–Crippen LogP) is 1.69. The van der Waals surface area contributed by atoms with Gasteiger partial charge in [-0.25, -0.2) is 9.31 Å². The molecule has 0 aliphatic rings. The SMILES string of the molecule is COC(=O)c1c[nH]n2c(=N)cc3ccccc1c32. The molecule has 0 saturated carbocycles. The number of nitrogens with one attached hydrogen (secondary N) is 2. The van der Waals surface area contributed by atoms with E-state index in [9.17, 15) is 4.79 Å². The topological polar surface area (TPSA) is 70.3 Å². The lowest BCUT2D eigenvalue weighted by molar-refractivity contribution is 0.0602. The van der Waals surface area contributed by atoms with Crippen LogP contribution in [0.1, 0.15) is 10.4 Å². The van der Waals surface area contributed by atoms with E-state index in [1.807, 2.05) is 24.3 Å². The van der Waals surface area contributed by atoms with Gasteiger partial charge in [0.05, 0.1) is 18.2 Å². The molecule has 2 N–H and O–H groups in total. The molecule has 1 aromatic carbocycles. The van der Waals surface area contributed by atoms with Gasteiger partial charge in [0.1, 0.15) is 5.49 Å². The van der Waals surface area contributed by atoms with Crippen LogP contribution in [0, 0.1) is 5.41 Å². The highest BCUT2D eigenvalue weighted by atomic mass is 16.5. The molecular weight excluding hydrogens is 230 g/mol. The van der Waals surface area contributed by atoms with E-state index in [2.05, 4.69) is 5.10 Å². The van der Waals surface area contributed by atoms with Crippen LogP contribution in [0.5, 0.6) is 0 Å². The highest BCUT2D eigenvalue weighted by Crippen LogP contribution is 2.21. The molecule has 5 nitrogen and oxygen atoms in total. The summed E-state index contributed by atoms with van der Waals surface area (Å²) in [6.45, 7) is 0. The van der Waals surface area contributed by atoms with E-state index in [0.29, 0.717) is 11.1 Å². The van der Waals surface area contributed by atoms with Gasteiger partial charge in [0.25, 0.3) is 0 Å². The number of esters is 1. The molecule has 2 aromatic heterocycles. The van der Waals surface area contributed by atoms with Crippen LogP contribution in [-0.4, -0.2) is 22.7 Å². The smallest absolute Gasteiger partial charge is 0.340 e. The third kappa shape index (κ3) is 1.34. The Hall–Kier alpha value is -2.56. The van der Waals surface area contributed by atoms with Gasteiger partial charge in [-0.1, -0.05) is 24.3 Å². The second-order valence-corrected chi connectivity index (χ2v) is 3.98. The Labute approximate surface area is 102 Å². The molecule has 0 spiro atoms. The maximum absolute atomic E-state index is 11.7. The van der Waals surface area contributed by atoms with Gasteiger partial charge in [-0.3, -0.25) is 10.5 Å². The van der Waals surface area contributed by atoms with Crippen LogP contribution in [-0.2, 0) is 4.74 Å². The molecule has 18 heavy (non-hydrogen) atoms. The number of rotatable bonds is 1. The number of carbonyl (C=O) groups excluding carboxylic acids is 1. The van der Waals surface area contributed by atoms with Gasteiger partial charge in [0, 0.05) is 17.0 Å². The monoisotopic (exact) mass is 241 g/mol. The van der Waals surface area contributed by atoms with Gasteiger partial charge < -0.3 is 4.74 Å². The Bertz CT molecular complexity index is 814. The quantitative estimate of drug-likeness (QED) is 0.636. The van der Waals surface area contributed by atoms with Crippen molar-refractivity contribution < 1.29 is 9.53 Å². The van der Waals surface area contributed by atoms with Gasteiger partial charge >= 0.3 is 5.97 Å². The first-order valence-electron chi connectivity index (χ1n) is 5.47. The second kappa shape index (κ2) is 3.73. The van der Waals surface area contributed by atoms with Gasteiger partial charge in [-0.15, -0.1) is 0 Å². The standard InChI is InChI=1S/C13H11N3O2/c1-18-13(17)10-7-15-16-11(14)6-8-4-2-3-5-9(10)12(8)16/h2-7,14-15H,1H3. The summed E-state index contributed by atoms with van der Waals surface area (Å²) < 4.78 is 6.41. The van der Waals surface area contributed by atoms with E-state index in [-0.39, 0.29) is 0 Å². The number of aromatic nitrogens is 2. The summed E-state index contributed by atoms with van der Waals surface area (Å²) in [7, 11) is 1.35. The third-order valence-electron chi connectivity index (χ3n) is 2.97. The Morgan fingerprint density at radius 3 is 2.94 bits per heavy atom. The third-order valence-corrected chi connectivity index (χ3v) is 2.97. The fourth-order valence-corrected chi connectivity index (χ4v) is 2.16. The number of methoxy groups -OCH3 is 1. The number of hydrogen-bond acceptors (Lipinski definition) is 3. The Morgan fingerprint density at radius 2 is 2.17 bits per heavy atom. The van der Waals surface area contributed by atoms with Crippen LogP contribution in [0.2, 0.25) is 0 Å². The van der Waals surface area contributed by atoms with Crippen LogP contribution < -0.4 is 5.49 Å². The summed E-state index contributed by atoms with van der Waals surface area (Å²) in [5, 5.41) is 12.5. The van der Waals surface area contributed by atoms with E-state index >= 15 is 0 Å². The normalized spacial score (nSPS) is 10.9. The fourth-order valence-electron chi connectivity index (χ4n) is 2.16. The minimum Gasteiger partial charge on any atom is -0.465 e. The van der Waals surface area contributed by atoms with Crippen molar-refractivity contribution in [3.05, 3.63) is 47.6 Å². The van der Waals surface area contributed by atoms with Crippen LogP contribution in [0.4, 0.5) is 0 Å². The molecule has 0 fully saturated rings. The van der Waals surface area contributed by atoms with Crippen LogP contribution in [0.3, 0.4) is 0 Å². The number of aromatic amines is 1. The number of carbonyl (C=O) groups is 1. The number of ether oxygens (including phenoxy) is 1. The van der Waals surface area contributed by atoms with Crippen molar-refractivity contribution in [1.29, 1.82) is 5.41 Å². The first-order chi connectivity index (χ1) is 8.72. The van der Waals surface area contributed by atoms with E-state index in [0.717, 1.165) is 16.3 Å². The van der Waals surface area contributed by atoms with Crippen LogP contribution in [0.25, 0.3) is 16.3 Å². The average Bonchev–Trinajstić information content (AvgIpc) is 2.58. The summed E-state index contributed by atoms with van der Waals surface area (Å²) in [6, 6.07) is 9.26. The molecule has 3 rings (SSSR count). The molecule has 0 aliphatic carbocycles. The molecule has 90 valence electrons. The number of hydrogen-bond donors (Lipinski definition) is 2. The molecular formula is C13H11N3O2. The molecule has 0 aliphatic heterocycles. The van der Waals surface area contributed by atoms with Crippen molar-refractivity contribution in [2.75, 3.05) is 7.11 Å². The minimum absolute atomic E-state index is 0.345. The highest BCUT2D eigenvalue weighted by molar-refractivity contribution is 6.07. The first-order valence-corrected chi connectivity index (χ1v) is 5.47. The van der Waals surface area contributed by atoms with Gasteiger partial charge in [-0.05, 0) is 6.07 Å². The molecule has 0 bridgehead atoms. The van der Waals surface area contributed by atoms with Crippen LogP contribution in [0.15, 0.2) is 36.5 Å². The molecule has 0 amide bonds. The van der Waals surface area contributed by atoms with E-state index in [4.69, 9.17) is 10.1 Å². The van der Waals surface area contributed by atoms with Crippen molar-refractivity contribution in [2.24, 2.45) is 0 Å². The van der Waals surface area contributed by atoms with Gasteiger partial charge in [-0.2, -0.15) is 0 Å². The minimum atomic E-state index is -0.394. The maximum atomic E-state index is 11.7. The zero-order valence-corrected chi connectivity index (χ0v) is 9.73. The summed E-state index contributed by atoms with van der Waals surface area (Å²) in [6.07, 6.45) is 1.56. The first kappa shape index (κ1) is 10.6. The van der Waals surface area contributed by atoms with Gasteiger partial charge in [0.15, 0.2) is 0 Å². The molecule has 5 heteroatoms. The van der Waals surface area contributed by atoms with Gasteiger partial charge in [0.2, 0.25) is 0 Å². The summed E-state index contributed by atoms with van der Waals surface area (Å²) in [5.74, 6) is -0.394. The van der Waals surface area contributed by atoms with E-state index < -0.39 is 5.97 Å². The second-order valence-electron chi connectivity index (χ2n) is 3.98. The molecule has 3 aromatic rings. The largest absolute Gasteiger partial charge is 0.465 e. The van der Waals surface area contributed by atoms with Crippen molar-refractivity contribution >= 4 is 22.3 Å². The molecule has 0 radical (unpaired) electrons. The Morgan fingerprint density at radius 1 is 1.39 bits per heavy atom. The summed E-state index contributed by atoms with van der Waals surface area (Å²) in [5.41, 5.74) is 1.62. The van der Waals surface area contributed by atoms with Crippen LogP contribution >= 0.6 is 0 Å². The van der Waals surface area contributed by atoms with E-state index in [1.165, 1.54) is 7.11 Å². The zero-order chi connectivity index (χ0) is 12.7. The number of nitrogens with zero attached hydrogens (tertiary/aromatic N) is 1. The Kier molecular flexibility index (Phi) is 2.19. The zero-order valence-electron chi connectivity index (χ0n) is 9.73. The lowest BCUT2D eigenvalue weighted by Crippen LogP contribution is -2.12. The highest BCUT2D eigenvalue weighted by Gasteiger charge is 2.13. The molecule has 0 unspecified atom stereocenters. The maximum Gasteiger partial charge on any atom is 0.340 e. The molecule has 2 heterocycles. The summed E-state index contributed by atoms with van der Waals surface area (Å²) in [4.78, 5) is 11.7. The number of H-pyrrole nitrogens is 1. The lowest BCUT2D eigenvalue weighted by atomic mass is 10.1. The average molecular weight is 241 g/mol. The van der Waals surface area contributed by atoms with Crippen molar-refractivity contribution in [3.63, 3.8) is 0 Å².